The lowest BCUT2D eigenvalue weighted by Crippen LogP contribution is -2.84. The van der Waals surface area contributed by atoms with Gasteiger partial charge in [-0.2, -0.15) is 0 Å². The number of fused-ring (bicyclic) bond motifs is 6. The van der Waals surface area contributed by atoms with Gasteiger partial charge in [0.05, 0.1) is 18.0 Å². The third-order valence-corrected chi connectivity index (χ3v) is 19.5. The molecule has 0 amide bonds. The standard InChI is InChI=1S/C62H65N3O20/c1-29-10-18-64-53-35(29)26-36(39(65-53)21-30-7-2-3-8-30)37-24-34-25-38-31(11-19-63-38)9-17-57(13-4-5-14-57)61(78)52(74)51(73)60(34,85-59(61)16-6-15-58(55(75)76)62(79,80)50(72)49(71)54(84-58)82-56(59)77)83-44-28-43-46(48(70)45(37)44)40(67)27-42(81-43)33-22-32(12-20-66)47(69)41(68)23-33/h11,19,22-24,26-30,37,49-54,63-66,68-74,78-80H,2-5,7-8,10,12-14,16,18,20-21,25H2,1H3,(H,75,76). The van der Waals surface area contributed by atoms with Crippen LogP contribution in [-0.4, -0.2) is 157 Å². The van der Waals surface area contributed by atoms with Crippen LogP contribution in [-0.2, 0) is 36.6 Å². The predicted molar refractivity (Wildman–Crippen MR) is 294 cm³/mol. The quantitative estimate of drug-likeness (QED) is 0.0412. The number of hydrogen-bond donors (Lipinski definition) is 15. The largest absolute Gasteiger partial charge is 0.507 e. The fourth-order valence-corrected chi connectivity index (χ4v) is 14.9. The summed E-state index contributed by atoms with van der Waals surface area (Å²) in [5.41, 5.74) is -10.1. The number of benzene rings is 2. The van der Waals surface area contributed by atoms with Gasteiger partial charge in [-0.15, -0.1) is 0 Å². The van der Waals surface area contributed by atoms with Crippen LogP contribution >= 0.6 is 0 Å². The molecule has 0 radical (unpaired) electrons. The van der Waals surface area contributed by atoms with E-state index in [1.807, 2.05) is 6.08 Å². The number of aliphatic hydroxyl groups excluding tert-OH is 5. The number of aromatic hydroxyl groups is 3. The number of carbonyl (C=O) groups excluding carboxylic acids is 1. The summed E-state index contributed by atoms with van der Waals surface area (Å²) in [6.45, 7) is 2.37. The van der Waals surface area contributed by atoms with Crippen molar-refractivity contribution in [3.8, 4) is 58.0 Å². The zero-order valence-electron chi connectivity index (χ0n) is 46.1. The van der Waals surface area contributed by atoms with Gasteiger partial charge in [-0.1, -0.05) is 75.4 Å². The molecule has 23 nitrogen and oxygen atoms in total. The molecule has 7 aliphatic heterocycles. The number of aromatic amines is 1. The minimum atomic E-state index is -3.90. The summed E-state index contributed by atoms with van der Waals surface area (Å²) in [5.74, 6) is -3.23. The highest BCUT2D eigenvalue weighted by atomic mass is 16.8. The molecule has 3 spiro atoms. The Hall–Kier alpha value is -7.23. The molecule has 5 fully saturated rings. The van der Waals surface area contributed by atoms with Crippen LogP contribution in [0.25, 0.3) is 22.3 Å². The number of piperidine rings is 1. The molecule has 3 saturated heterocycles. The number of carboxylic acids is 1. The first-order chi connectivity index (χ1) is 40.5. The summed E-state index contributed by atoms with van der Waals surface area (Å²) in [4.78, 5) is 47.3. The fraction of sp³-hybridized carbons (Fsp3) is 0.500. The van der Waals surface area contributed by atoms with Gasteiger partial charge in [0.25, 0.3) is 11.4 Å². The van der Waals surface area contributed by atoms with E-state index in [2.05, 4.69) is 46.2 Å². The van der Waals surface area contributed by atoms with E-state index in [4.69, 9.17) is 23.4 Å². The molecule has 2 aromatic heterocycles. The third-order valence-electron chi connectivity index (χ3n) is 19.5. The molecule has 448 valence electrons. The van der Waals surface area contributed by atoms with E-state index < -0.39 is 118 Å². The van der Waals surface area contributed by atoms with Crippen LogP contribution in [0, 0.1) is 40.9 Å². The second-order valence-corrected chi connectivity index (χ2v) is 24.2. The number of esters is 1. The number of dihydropyridines is 1. The van der Waals surface area contributed by atoms with Crippen LogP contribution in [0.4, 0.5) is 0 Å². The number of hydrogen-bond acceptors (Lipinski definition) is 21. The van der Waals surface area contributed by atoms with Gasteiger partial charge >= 0.3 is 11.9 Å². The number of allylic oxidation sites excluding steroid dienone is 4. The summed E-state index contributed by atoms with van der Waals surface area (Å²) in [5, 5.41) is 149. The fourth-order valence-electron chi connectivity index (χ4n) is 14.9. The average Bonchev–Trinajstić information content (AvgIpc) is 1.84. The van der Waals surface area contributed by atoms with E-state index in [0.29, 0.717) is 42.6 Å². The number of aliphatic hydroxyl groups is 8. The van der Waals surface area contributed by atoms with E-state index in [9.17, 15) is 70.9 Å². The molecule has 3 aliphatic carbocycles. The van der Waals surface area contributed by atoms with E-state index in [0.717, 1.165) is 55.5 Å². The smallest absolute Gasteiger partial charge is 0.354 e. The van der Waals surface area contributed by atoms with Gasteiger partial charge in [0.2, 0.25) is 17.7 Å². The van der Waals surface area contributed by atoms with E-state index in [-0.39, 0.29) is 88.4 Å². The number of carboxylic acid groups (broad SMARTS) is 1. The maximum atomic E-state index is 16.0. The molecule has 2 saturated carbocycles. The Morgan fingerprint density at radius 3 is 2.41 bits per heavy atom. The van der Waals surface area contributed by atoms with Crippen molar-refractivity contribution in [2.45, 2.75) is 162 Å². The van der Waals surface area contributed by atoms with Crippen LogP contribution in [0.3, 0.4) is 0 Å². The number of H-pyrrole nitrogens is 1. The first-order valence-electron chi connectivity index (χ1n) is 28.8. The van der Waals surface area contributed by atoms with Crippen molar-refractivity contribution in [1.29, 1.82) is 0 Å². The number of aliphatic carboxylic acids is 1. The van der Waals surface area contributed by atoms with Crippen molar-refractivity contribution < 1.29 is 94.2 Å². The molecule has 12 unspecified atom stereocenters. The van der Waals surface area contributed by atoms with Crippen molar-refractivity contribution in [3.63, 3.8) is 0 Å². The van der Waals surface area contributed by atoms with Crippen molar-refractivity contribution >= 4 is 22.9 Å². The number of aromatic nitrogens is 1. The van der Waals surface area contributed by atoms with Crippen LogP contribution in [0.1, 0.15) is 106 Å². The Balaban J connectivity index is 1.13. The monoisotopic (exact) mass is 1170 g/mol. The normalized spacial score (nSPS) is 34.4. The summed E-state index contributed by atoms with van der Waals surface area (Å²) >= 11 is 0. The molecule has 23 heteroatoms. The summed E-state index contributed by atoms with van der Waals surface area (Å²) in [6.07, 6.45) is -4.20. The van der Waals surface area contributed by atoms with Gasteiger partial charge in [0.15, 0.2) is 28.6 Å². The van der Waals surface area contributed by atoms with Gasteiger partial charge in [-0.25, -0.2) is 9.59 Å². The van der Waals surface area contributed by atoms with Gasteiger partial charge in [-0.05, 0) is 85.8 Å². The SMILES string of the molecule is CC1CCNC2NC(CC3CCCC3)=C(C3C=C4Cc5[nH]ccc5C#CC5(CCCC5)C5(O)C(O)C(O)C4(Oc4cc6oc(-c7cc(O)c(O)c(CCO)c7)cc(=O)c6c(O)c43)OC53CC#CC4(C(=O)O)OC(OC3=O)C(O)C(O)C4(O)O)C=C12. The minimum absolute atomic E-state index is 0.0207. The number of nitrogens with one attached hydrogen (secondary N) is 3. The third kappa shape index (κ3) is 8.20. The first kappa shape index (κ1) is 56.9. The van der Waals surface area contributed by atoms with Gasteiger partial charge < -0.3 is 94.9 Å². The average molecular weight is 1170 g/mol. The van der Waals surface area contributed by atoms with Crippen molar-refractivity contribution in [2.75, 3.05) is 13.2 Å². The number of rotatable bonds is 7. The maximum absolute atomic E-state index is 16.0. The predicted octanol–water partition coefficient (Wildman–Crippen LogP) is 1.78. The summed E-state index contributed by atoms with van der Waals surface area (Å²) in [7, 11) is 0. The Bertz CT molecular complexity index is 3770. The Kier molecular flexibility index (Phi) is 13.5. The molecule has 14 rings (SSSR count). The minimum Gasteiger partial charge on any atom is -0.507 e. The van der Waals surface area contributed by atoms with E-state index in [1.54, 1.807) is 18.3 Å². The van der Waals surface area contributed by atoms with E-state index in [1.165, 1.54) is 12.1 Å². The first-order valence-corrected chi connectivity index (χ1v) is 28.8. The molecule has 4 aromatic rings. The highest BCUT2D eigenvalue weighted by Gasteiger charge is 2.80. The van der Waals surface area contributed by atoms with Crippen LogP contribution in [0.5, 0.6) is 23.0 Å². The summed E-state index contributed by atoms with van der Waals surface area (Å²) < 4.78 is 32.3. The van der Waals surface area contributed by atoms with Crippen LogP contribution < -0.4 is 20.8 Å². The van der Waals surface area contributed by atoms with Gasteiger partial charge in [0, 0.05) is 76.5 Å². The van der Waals surface area contributed by atoms with Crippen molar-refractivity contribution in [2.24, 2.45) is 17.3 Å². The number of ether oxygens (including phenoxy) is 4. The molecule has 2 aromatic carbocycles. The van der Waals surface area contributed by atoms with Crippen molar-refractivity contribution in [1.82, 2.24) is 15.6 Å². The molecule has 85 heavy (non-hydrogen) atoms. The summed E-state index contributed by atoms with van der Waals surface area (Å²) in [6, 6.07) is 6.52. The molecule has 10 aliphatic rings. The zero-order chi connectivity index (χ0) is 59.9. The second kappa shape index (κ2) is 20.2. The molecule has 15 N–H and O–H groups in total. The van der Waals surface area contributed by atoms with Crippen molar-refractivity contribution in [3.05, 3.63) is 104 Å². The van der Waals surface area contributed by atoms with Crippen LogP contribution in [0.2, 0.25) is 0 Å². The lowest BCUT2D eigenvalue weighted by molar-refractivity contribution is -0.405. The van der Waals surface area contributed by atoms with Gasteiger partial charge in [0.1, 0.15) is 46.5 Å². The number of phenolic OH excluding ortho intramolecular Hbond substituents is 3. The Morgan fingerprint density at radius 2 is 1.67 bits per heavy atom. The topological polar surface area (TPSA) is 384 Å². The number of phenols is 3. The molecule has 9 heterocycles. The molecule has 12 atom stereocenters. The lowest BCUT2D eigenvalue weighted by Gasteiger charge is -2.62. The van der Waals surface area contributed by atoms with Gasteiger partial charge in [-0.3, -0.25) is 10.1 Å². The molecular formula is C62H65N3O20. The zero-order valence-corrected chi connectivity index (χ0v) is 46.1. The van der Waals surface area contributed by atoms with E-state index >= 15 is 4.79 Å². The Labute approximate surface area is 484 Å². The second-order valence-electron chi connectivity index (χ2n) is 24.2. The number of carbonyl (C=O) groups is 2. The highest BCUT2D eigenvalue weighted by Crippen LogP contribution is 2.63. The lowest BCUT2D eigenvalue weighted by atomic mass is 9.55. The Morgan fingerprint density at radius 1 is 0.906 bits per heavy atom. The molecule has 4 bridgehead atoms. The van der Waals surface area contributed by atoms with Crippen LogP contribution in [0.15, 0.2) is 80.3 Å². The molecular weight excluding hydrogens is 1110 g/mol. The highest BCUT2D eigenvalue weighted by molar-refractivity contribution is 5.90. The maximum Gasteiger partial charge on any atom is 0.354 e.